The molecule has 0 atom stereocenters. The minimum atomic E-state index is -0.0475. The molecule has 0 saturated carbocycles. The molecule has 0 aliphatic carbocycles. The van der Waals surface area contributed by atoms with E-state index in [1.54, 1.807) is 30.6 Å². The molecule has 2 aromatic rings. The topological polar surface area (TPSA) is 57.8 Å². The van der Waals surface area contributed by atoms with Crippen LogP contribution in [-0.2, 0) is 17.6 Å². The van der Waals surface area contributed by atoms with E-state index in [-0.39, 0.29) is 12.3 Å². The number of halogens is 2. The Morgan fingerprint density at radius 1 is 1.35 bits per heavy atom. The quantitative estimate of drug-likeness (QED) is 0.806. The third kappa shape index (κ3) is 4.54. The van der Waals surface area contributed by atoms with Gasteiger partial charge in [0.15, 0.2) is 0 Å². The molecule has 0 saturated heterocycles. The molecule has 0 fully saturated rings. The molecule has 1 aromatic carbocycles. The smallest absolute Gasteiger partial charge is 0.224 e. The van der Waals surface area contributed by atoms with Crippen molar-refractivity contribution in [2.75, 3.05) is 6.54 Å². The lowest BCUT2D eigenvalue weighted by Gasteiger charge is -2.06. The third-order valence-electron chi connectivity index (χ3n) is 2.83. The normalized spacial score (nSPS) is 10.5. The molecule has 0 aliphatic rings. The van der Waals surface area contributed by atoms with E-state index in [2.05, 4.69) is 15.3 Å². The Balaban J connectivity index is 1.72. The van der Waals surface area contributed by atoms with Gasteiger partial charge < -0.3 is 10.3 Å². The summed E-state index contributed by atoms with van der Waals surface area (Å²) in [5.41, 5.74) is 0.777. The Bertz CT molecular complexity index is 570. The number of H-pyrrole nitrogens is 1. The van der Waals surface area contributed by atoms with Crippen molar-refractivity contribution in [3.8, 4) is 0 Å². The molecular formula is C14H15Cl2N3O. The minimum Gasteiger partial charge on any atom is -0.356 e. The molecule has 106 valence electrons. The first-order valence-electron chi connectivity index (χ1n) is 6.34. The lowest BCUT2D eigenvalue weighted by molar-refractivity contribution is -0.120. The van der Waals surface area contributed by atoms with Gasteiger partial charge in [-0.1, -0.05) is 29.3 Å². The number of rotatable bonds is 6. The lowest BCUT2D eigenvalue weighted by Crippen LogP contribution is -2.26. The molecule has 0 spiro atoms. The highest BCUT2D eigenvalue weighted by atomic mass is 35.5. The first-order chi connectivity index (χ1) is 9.65. The van der Waals surface area contributed by atoms with Crippen LogP contribution in [0.5, 0.6) is 0 Å². The van der Waals surface area contributed by atoms with Crippen molar-refractivity contribution >= 4 is 29.1 Å². The predicted molar refractivity (Wildman–Crippen MR) is 80.1 cm³/mol. The maximum absolute atomic E-state index is 11.8. The molecule has 0 radical (unpaired) electrons. The number of hydrogen-bond acceptors (Lipinski definition) is 2. The third-order valence-corrected chi connectivity index (χ3v) is 3.42. The van der Waals surface area contributed by atoms with E-state index in [9.17, 15) is 4.79 Å². The number of hydrogen-bond donors (Lipinski definition) is 2. The lowest BCUT2D eigenvalue weighted by atomic mass is 10.1. The van der Waals surface area contributed by atoms with Crippen LogP contribution in [0.3, 0.4) is 0 Å². The average Bonchev–Trinajstić information content (AvgIpc) is 2.91. The van der Waals surface area contributed by atoms with E-state index in [1.807, 2.05) is 0 Å². The summed E-state index contributed by atoms with van der Waals surface area (Å²) in [7, 11) is 0. The summed E-state index contributed by atoms with van der Waals surface area (Å²) >= 11 is 11.8. The molecule has 20 heavy (non-hydrogen) atoms. The second-order valence-corrected chi connectivity index (χ2v) is 5.25. The Hall–Kier alpha value is -1.52. The fraction of sp³-hybridized carbons (Fsp3) is 0.286. The summed E-state index contributed by atoms with van der Waals surface area (Å²) < 4.78 is 0. The summed E-state index contributed by atoms with van der Waals surface area (Å²) in [6, 6.07) is 5.14. The second-order valence-electron chi connectivity index (χ2n) is 4.40. The highest BCUT2D eigenvalue weighted by Gasteiger charge is 2.07. The van der Waals surface area contributed by atoms with Crippen molar-refractivity contribution < 1.29 is 4.79 Å². The highest BCUT2D eigenvalue weighted by molar-refractivity contribution is 6.35. The van der Waals surface area contributed by atoms with Crippen molar-refractivity contribution in [3.05, 3.63) is 52.0 Å². The van der Waals surface area contributed by atoms with Crippen LogP contribution in [0.25, 0.3) is 0 Å². The molecule has 2 rings (SSSR count). The molecule has 2 N–H and O–H groups in total. The van der Waals surface area contributed by atoms with Gasteiger partial charge in [0.25, 0.3) is 0 Å². The zero-order valence-electron chi connectivity index (χ0n) is 10.8. The number of nitrogens with one attached hydrogen (secondary N) is 2. The zero-order chi connectivity index (χ0) is 14.4. The summed E-state index contributed by atoms with van der Waals surface area (Å²) in [6.07, 6.45) is 5.42. The van der Waals surface area contributed by atoms with Gasteiger partial charge in [-0.15, -0.1) is 0 Å². The molecular weight excluding hydrogens is 297 g/mol. The Morgan fingerprint density at radius 3 is 2.90 bits per heavy atom. The summed E-state index contributed by atoms with van der Waals surface area (Å²) in [4.78, 5) is 18.9. The van der Waals surface area contributed by atoms with Crippen LogP contribution in [0.4, 0.5) is 0 Å². The highest BCUT2D eigenvalue weighted by Crippen LogP contribution is 2.21. The van der Waals surface area contributed by atoms with E-state index in [1.165, 1.54) is 0 Å². The van der Waals surface area contributed by atoms with Crippen LogP contribution >= 0.6 is 23.2 Å². The average molecular weight is 312 g/mol. The van der Waals surface area contributed by atoms with Crippen LogP contribution in [0.15, 0.2) is 30.6 Å². The number of imidazole rings is 1. The predicted octanol–water partition coefficient (Wildman–Crippen LogP) is 3.01. The maximum atomic E-state index is 11.8. The van der Waals surface area contributed by atoms with Crippen molar-refractivity contribution in [2.45, 2.75) is 19.3 Å². The van der Waals surface area contributed by atoms with Crippen molar-refractivity contribution in [3.63, 3.8) is 0 Å². The summed E-state index contributed by atoms with van der Waals surface area (Å²) in [5, 5.41) is 3.95. The molecule has 0 aliphatic heterocycles. The first-order valence-corrected chi connectivity index (χ1v) is 7.09. The number of carbonyl (C=O) groups excluding carboxylic acids is 1. The van der Waals surface area contributed by atoms with Crippen LogP contribution in [0.1, 0.15) is 17.8 Å². The van der Waals surface area contributed by atoms with Gasteiger partial charge in [0, 0.05) is 35.4 Å². The molecule has 6 heteroatoms. The van der Waals surface area contributed by atoms with Crippen molar-refractivity contribution in [1.29, 1.82) is 0 Å². The Kier molecular flexibility index (Phi) is 5.44. The van der Waals surface area contributed by atoms with Crippen LogP contribution in [0.2, 0.25) is 10.0 Å². The fourth-order valence-corrected chi connectivity index (χ4v) is 2.29. The van der Waals surface area contributed by atoms with Crippen LogP contribution in [0, 0.1) is 0 Å². The van der Waals surface area contributed by atoms with Crippen LogP contribution < -0.4 is 5.32 Å². The van der Waals surface area contributed by atoms with Gasteiger partial charge in [0.05, 0.1) is 6.42 Å². The van der Waals surface area contributed by atoms with Gasteiger partial charge in [-0.05, 0) is 24.1 Å². The number of aromatic nitrogens is 2. The number of nitrogens with zero attached hydrogens (tertiary/aromatic N) is 1. The van der Waals surface area contributed by atoms with E-state index < -0.39 is 0 Å². The summed E-state index contributed by atoms with van der Waals surface area (Å²) in [5.74, 6) is 0.883. The van der Waals surface area contributed by atoms with Gasteiger partial charge in [0.2, 0.25) is 5.91 Å². The van der Waals surface area contributed by atoms with E-state index in [0.717, 1.165) is 24.2 Å². The van der Waals surface area contributed by atoms with Crippen molar-refractivity contribution in [2.24, 2.45) is 0 Å². The standard InChI is InChI=1S/C14H15Cl2N3O/c15-11-4-3-10(12(16)9-11)8-14(20)19-5-1-2-13-17-6-7-18-13/h3-4,6-7,9H,1-2,5,8H2,(H,17,18)(H,19,20). The van der Waals surface area contributed by atoms with E-state index in [4.69, 9.17) is 23.2 Å². The molecule has 4 nitrogen and oxygen atoms in total. The minimum absolute atomic E-state index is 0.0475. The van der Waals surface area contributed by atoms with Crippen LogP contribution in [-0.4, -0.2) is 22.4 Å². The Morgan fingerprint density at radius 2 is 2.20 bits per heavy atom. The van der Waals surface area contributed by atoms with Gasteiger partial charge >= 0.3 is 0 Å². The monoisotopic (exact) mass is 311 g/mol. The SMILES string of the molecule is O=C(Cc1ccc(Cl)cc1Cl)NCCCc1ncc[nH]1. The molecule has 1 heterocycles. The largest absolute Gasteiger partial charge is 0.356 e. The van der Waals surface area contributed by atoms with Gasteiger partial charge in [-0.3, -0.25) is 4.79 Å². The van der Waals surface area contributed by atoms with E-state index in [0.29, 0.717) is 16.6 Å². The first kappa shape index (κ1) is 14.9. The maximum Gasteiger partial charge on any atom is 0.224 e. The number of carbonyl (C=O) groups is 1. The number of aryl methyl sites for hydroxylation is 1. The molecule has 0 bridgehead atoms. The van der Waals surface area contributed by atoms with Gasteiger partial charge in [-0.25, -0.2) is 4.98 Å². The number of amides is 1. The van der Waals surface area contributed by atoms with Gasteiger partial charge in [-0.2, -0.15) is 0 Å². The summed E-state index contributed by atoms with van der Waals surface area (Å²) in [6.45, 7) is 0.616. The number of benzene rings is 1. The van der Waals surface area contributed by atoms with Crippen molar-refractivity contribution in [1.82, 2.24) is 15.3 Å². The fourth-order valence-electron chi connectivity index (χ4n) is 1.82. The second kappa shape index (κ2) is 7.31. The zero-order valence-corrected chi connectivity index (χ0v) is 12.3. The molecule has 0 unspecified atom stereocenters. The number of aromatic amines is 1. The molecule has 1 aromatic heterocycles. The van der Waals surface area contributed by atoms with E-state index >= 15 is 0 Å². The Labute approximate surface area is 127 Å². The molecule has 1 amide bonds. The van der Waals surface area contributed by atoms with Gasteiger partial charge in [0.1, 0.15) is 5.82 Å².